The Morgan fingerprint density at radius 1 is 1.47 bits per heavy atom. The van der Waals surface area contributed by atoms with Crippen molar-refractivity contribution in [3.05, 3.63) is 23.7 Å². The molecule has 0 aromatic carbocycles. The second-order valence-corrected chi connectivity index (χ2v) is 4.40. The molecule has 0 amide bonds. The van der Waals surface area contributed by atoms with Crippen molar-refractivity contribution in [3.63, 3.8) is 0 Å². The summed E-state index contributed by atoms with van der Waals surface area (Å²) in [5, 5.41) is 3.37. The summed E-state index contributed by atoms with van der Waals surface area (Å²) in [6.45, 7) is 6.60. The van der Waals surface area contributed by atoms with Gasteiger partial charge in [0.1, 0.15) is 5.76 Å². The van der Waals surface area contributed by atoms with Gasteiger partial charge in [0, 0.05) is 11.6 Å². The van der Waals surface area contributed by atoms with Gasteiger partial charge in [0.25, 0.3) is 0 Å². The second-order valence-electron chi connectivity index (χ2n) is 4.40. The predicted octanol–water partition coefficient (Wildman–Crippen LogP) is 3.67. The molecule has 0 fully saturated rings. The summed E-state index contributed by atoms with van der Waals surface area (Å²) in [6, 6.07) is 2.51. The summed E-state index contributed by atoms with van der Waals surface area (Å²) in [6.07, 6.45) is 5.53. The van der Waals surface area contributed by atoms with Crippen LogP contribution in [0.5, 0.6) is 0 Å². The van der Waals surface area contributed by atoms with Gasteiger partial charge in [0.2, 0.25) is 0 Å². The van der Waals surface area contributed by atoms with Gasteiger partial charge in [-0.2, -0.15) is 0 Å². The topological polar surface area (TPSA) is 25.2 Å². The third-order valence-corrected chi connectivity index (χ3v) is 3.04. The van der Waals surface area contributed by atoms with Crippen molar-refractivity contribution >= 4 is 0 Å². The van der Waals surface area contributed by atoms with Crippen LogP contribution in [-0.2, 0) is 0 Å². The van der Waals surface area contributed by atoms with Crippen LogP contribution in [0.3, 0.4) is 0 Å². The molecule has 1 rings (SSSR count). The molecule has 0 radical (unpaired) electrons. The first kappa shape index (κ1) is 12.3. The molecule has 0 spiro atoms. The maximum absolute atomic E-state index is 5.35. The van der Waals surface area contributed by atoms with Gasteiger partial charge in [-0.1, -0.05) is 26.7 Å². The predicted molar refractivity (Wildman–Crippen MR) is 63.9 cm³/mol. The number of furan rings is 1. The lowest BCUT2D eigenvalue weighted by Gasteiger charge is -2.19. The van der Waals surface area contributed by atoms with Gasteiger partial charge in [0.05, 0.1) is 6.26 Å². The minimum atomic E-state index is 0.435. The van der Waals surface area contributed by atoms with Gasteiger partial charge >= 0.3 is 0 Å². The minimum absolute atomic E-state index is 0.435. The van der Waals surface area contributed by atoms with Gasteiger partial charge in [0.15, 0.2) is 0 Å². The van der Waals surface area contributed by atoms with Crippen LogP contribution in [0.2, 0.25) is 0 Å². The number of nitrogens with one attached hydrogen (secondary N) is 1. The van der Waals surface area contributed by atoms with Gasteiger partial charge in [-0.15, -0.1) is 0 Å². The van der Waals surface area contributed by atoms with Crippen molar-refractivity contribution in [1.29, 1.82) is 0 Å². The highest BCUT2D eigenvalue weighted by Gasteiger charge is 2.16. The van der Waals surface area contributed by atoms with Gasteiger partial charge < -0.3 is 9.73 Å². The molecule has 0 aliphatic rings. The fourth-order valence-electron chi connectivity index (χ4n) is 2.17. The van der Waals surface area contributed by atoms with Crippen LogP contribution in [0.1, 0.15) is 50.5 Å². The Morgan fingerprint density at radius 2 is 2.20 bits per heavy atom. The Morgan fingerprint density at radius 3 is 2.67 bits per heavy atom. The third-order valence-electron chi connectivity index (χ3n) is 3.04. The molecule has 0 aliphatic heterocycles. The maximum Gasteiger partial charge on any atom is 0.105 e. The SMILES string of the molecule is CCCC(C)CC(NC)c1ccoc1C. The van der Waals surface area contributed by atoms with Crippen LogP contribution in [0.25, 0.3) is 0 Å². The highest BCUT2D eigenvalue weighted by Crippen LogP contribution is 2.26. The first-order valence-corrected chi connectivity index (χ1v) is 5.90. The van der Waals surface area contributed by atoms with Gasteiger partial charge in [-0.25, -0.2) is 0 Å². The van der Waals surface area contributed by atoms with Crippen LogP contribution in [0, 0.1) is 12.8 Å². The normalized spacial score (nSPS) is 15.2. The second kappa shape index (κ2) is 5.96. The molecule has 2 atom stereocenters. The monoisotopic (exact) mass is 209 g/mol. The largest absolute Gasteiger partial charge is 0.469 e. The fraction of sp³-hybridized carbons (Fsp3) is 0.692. The molecule has 15 heavy (non-hydrogen) atoms. The molecule has 1 aromatic rings. The lowest BCUT2D eigenvalue weighted by Crippen LogP contribution is -2.19. The molecule has 0 saturated heterocycles. The first-order chi connectivity index (χ1) is 7.19. The summed E-state index contributed by atoms with van der Waals surface area (Å²) in [7, 11) is 2.02. The van der Waals surface area contributed by atoms with E-state index in [4.69, 9.17) is 4.42 Å². The quantitative estimate of drug-likeness (QED) is 0.773. The van der Waals surface area contributed by atoms with E-state index in [9.17, 15) is 0 Å². The molecule has 2 nitrogen and oxygen atoms in total. The van der Waals surface area contributed by atoms with E-state index < -0.39 is 0 Å². The zero-order chi connectivity index (χ0) is 11.3. The van der Waals surface area contributed by atoms with Crippen molar-refractivity contribution < 1.29 is 4.42 Å². The van der Waals surface area contributed by atoms with Crippen molar-refractivity contribution in [1.82, 2.24) is 5.32 Å². The first-order valence-electron chi connectivity index (χ1n) is 5.90. The summed E-state index contributed by atoms with van der Waals surface area (Å²) < 4.78 is 5.35. The van der Waals surface area contributed by atoms with E-state index in [1.165, 1.54) is 24.8 Å². The molecule has 1 heterocycles. The number of aryl methyl sites for hydroxylation is 1. The van der Waals surface area contributed by atoms with E-state index in [0.717, 1.165) is 11.7 Å². The lowest BCUT2D eigenvalue weighted by molar-refractivity contribution is 0.401. The number of hydrogen-bond acceptors (Lipinski definition) is 2. The number of hydrogen-bond donors (Lipinski definition) is 1. The van der Waals surface area contributed by atoms with Gasteiger partial charge in [-0.3, -0.25) is 0 Å². The van der Waals surface area contributed by atoms with E-state index in [1.54, 1.807) is 6.26 Å². The van der Waals surface area contributed by atoms with Crippen LogP contribution in [-0.4, -0.2) is 7.05 Å². The standard InChI is InChI=1S/C13H23NO/c1-5-6-10(2)9-13(14-4)12-7-8-15-11(12)3/h7-8,10,13-14H,5-6,9H2,1-4H3. The highest BCUT2D eigenvalue weighted by molar-refractivity contribution is 5.20. The molecule has 0 saturated carbocycles. The van der Waals surface area contributed by atoms with Gasteiger partial charge in [-0.05, 0) is 32.4 Å². The van der Waals surface area contributed by atoms with E-state index >= 15 is 0 Å². The third kappa shape index (κ3) is 3.38. The Labute approximate surface area is 93.1 Å². The van der Waals surface area contributed by atoms with E-state index in [2.05, 4.69) is 25.2 Å². The van der Waals surface area contributed by atoms with E-state index in [-0.39, 0.29) is 0 Å². The van der Waals surface area contributed by atoms with Crippen molar-refractivity contribution in [2.45, 2.75) is 46.1 Å². The highest BCUT2D eigenvalue weighted by atomic mass is 16.3. The minimum Gasteiger partial charge on any atom is -0.469 e. The van der Waals surface area contributed by atoms with Crippen molar-refractivity contribution in [3.8, 4) is 0 Å². The molecule has 1 aromatic heterocycles. The van der Waals surface area contributed by atoms with Crippen LogP contribution >= 0.6 is 0 Å². The van der Waals surface area contributed by atoms with Crippen LogP contribution in [0.4, 0.5) is 0 Å². The van der Waals surface area contributed by atoms with Crippen LogP contribution in [0.15, 0.2) is 16.7 Å². The van der Waals surface area contributed by atoms with Crippen molar-refractivity contribution in [2.75, 3.05) is 7.05 Å². The molecule has 1 N–H and O–H groups in total. The Hall–Kier alpha value is -0.760. The van der Waals surface area contributed by atoms with Crippen molar-refractivity contribution in [2.24, 2.45) is 5.92 Å². The molecule has 2 heteroatoms. The zero-order valence-electron chi connectivity index (χ0n) is 10.3. The summed E-state index contributed by atoms with van der Waals surface area (Å²) in [5.74, 6) is 1.81. The maximum atomic E-state index is 5.35. The summed E-state index contributed by atoms with van der Waals surface area (Å²) in [4.78, 5) is 0. The molecule has 86 valence electrons. The molecule has 0 bridgehead atoms. The summed E-state index contributed by atoms with van der Waals surface area (Å²) >= 11 is 0. The zero-order valence-corrected chi connectivity index (χ0v) is 10.3. The average Bonchev–Trinajstić information content (AvgIpc) is 2.61. The number of rotatable bonds is 6. The average molecular weight is 209 g/mol. The van der Waals surface area contributed by atoms with E-state index in [1.807, 2.05) is 14.0 Å². The lowest BCUT2D eigenvalue weighted by atomic mass is 9.93. The molecule has 0 aliphatic carbocycles. The summed E-state index contributed by atoms with van der Waals surface area (Å²) in [5.41, 5.74) is 1.31. The molecular weight excluding hydrogens is 186 g/mol. The Kier molecular flexibility index (Phi) is 4.89. The Balaban J connectivity index is 2.60. The molecular formula is C13H23NO. The Bertz CT molecular complexity index is 280. The van der Waals surface area contributed by atoms with Crippen LogP contribution < -0.4 is 5.32 Å². The van der Waals surface area contributed by atoms with E-state index in [0.29, 0.717) is 6.04 Å². The molecule has 2 unspecified atom stereocenters. The fourth-order valence-corrected chi connectivity index (χ4v) is 2.17. The smallest absolute Gasteiger partial charge is 0.105 e.